The second-order valence-electron chi connectivity index (χ2n) is 10.9. The molecule has 0 bridgehead atoms. The lowest BCUT2D eigenvalue weighted by Gasteiger charge is -2.44. The number of piperidine rings is 1. The van der Waals surface area contributed by atoms with Gasteiger partial charge in [0.15, 0.2) is 0 Å². The number of hydrogen-bond donors (Lipinski definition) is 2. The summed E-state index contributed by atoms with van der Waals surface area (Å²) in [6.45, 7) is 4.15. The van der Waals surface area contributed by atoms with Crippen LogP contribution in [0.25, 0.3) is 0 Å². The summed E-state index contributed by atoms with van der Waals surface area (Å²) >= 11 is 0. The molecule has 4 heterocycles. The zero-order chi connectivity index (χ0) is 27.6. The molecule has 11 heteroatoms. The van der Waals surface area contributed by atoms with E-state index in [0.29, 0.717) is 57.3 Å². The van der Waals surface area contributed by atoms with Gasteiger partial charge in [-0.1, -0.05) is 12.1 Å². The topological polar surface area (TPSA) is 103 Å². The van der Waals surface area contributed by atoms with E-state index in [2.05, 4.69) is 10.9 Å². The molecule has 1 aromatic heterocycles. The number of nitrogens with one attached hydrogen (secondary N) is 2. The summed E-state index contributed by atoms with van der Waals surface area (Å²) in [6.07, 6.45) is 1.40. The van der Waals surface area contributed by atoms with Gasteiger partial charge in [0.2, 0.25) is 11.8 Å². The molecule has 210 valence electrons. The van der Waals surface area contributed by atoms with Gasteiger partial charge in [0.1, 0.15) is 11.6 Å². The maximum Gasteiger partial charge on any atom is 0.326 e. The number of aromatic nitrogens is 1. The molecule has 0 aliphatic carbocycles. The molecule has 11 nitrogen and oxygen atoms in total. The Morgan fingerprint density at radius 3 is 2.51 bits per heavy atom. The highest BCUT2D eigenvalue weighted by molar-refractivity contribution is 5.94. The molecule has 0 atom stereocenters. The van der Waals surface area contributed by atoms with Gasteiger partial charge in [-0.3, -0.25) is 20.5 Å². The zero-order valence-electron chi connectivity index (χ0n) is 23.3. The first-order valence-electron chi connectivity index (χ1n) is 13.5. The highest BCUT2D eigenvalue weighted by atomic mass is 16.5. The van der Waals surface area contributed by atoms with Crippen LogP contribution in [-0.2, 0) is 11.3 Å². The predicted octanol–water partition coefficient (Wildman–Crippen LogP) is 1.66. The molecule has 0 unspecified atom stereocenters. The Labute approximate surface area is 230 Å². The van der Waals surface area contributed by atoms with E-state index in [9.17, 15) is 9.59 Å². The van der Waals surface area contributed by atoms with Crippen molar-refractivity contribution in [3.05, 3.63) is 47.5 Å². The van der Waals surface area contributed by atoms with Gasteiger partial charge in [-0.25, -0.2) is 4.79 Å². The fourth-order valence-corrected chi connectivity index (χ4v) is 5.88. The van der Waals surface area contributed by atoms with Crippen molar-refractivity contribution in [2.24, 2.45) is 0 Å². The SMILES string of the molecule is COc1cccc(CN2C(=O)N(c3ccc(C4CNNC4)c(OC)n3)CC23CCN(C(=O)CN(C)C)CC3)c1. The van der Waals surface area contributed by atoms with Crippen molar-refractivity contribution in [1.82, 2.24) is 30.5 Å². The van der Waals surface area contributed by atoms with E-state index in [4.69, 9.17) is 14.5 Å². The van der Waals surface area contributed by atoms with Crippen LogP contribution in [0, 0.1) is 0 Å². The highest BCUT2D eigenvalue weighted by Gasteiger charge is 2.52. The van der Waals surface area contributed by atoms with Gasteiger partial charge in [-0.15, -0.1) is 0 Å². The number of carbonyl (C=O) groups excluding carboxylic acids is 2. The molecule has 3 aliphatic heterocycles. The molecule has 3 amide bonds. The highest BCUT2D eigenvalue weighted by Crippen LogP contribution is 2.40. The van der Waals surface area contributed by atoms with Crippen molar-refractivity contribution in [3.63, 3.8) is 0 Å². The van der Waals surface area contributed by atoms with E-state index < -0.39 is 5.54 Å². The summed E-state index contributed by atoms with van der Waals surface area (Å²) in [4.78, 5) is 39.2. The van der Waals surface area contributed by atoms with Crippen LogP contribution in [0.2, 0.25) is 0 Å². The van der Waals surface area contributed by atoms with Crippen LogP contribution in [0.1, 0.15) is 29.9 Å². The summed E-state index contributed by atoms with van der Waals surface area (Å²) < 4.78 is 11.1. The molecule has 39 heavy (non-hydrogen) atoms. The maximum absolute atomic E-state index is 14.1. The Morgan fingerprint density at radius 1 is 1.10 bits per heavy atom. The first-order chi connectivity index (χ1) is 18.8. The molecule has 0 saturated carbocycles. The van der Waals surface area contributed by atoms with Gasteiger partial charge in [-0.2, -0.15) is 4.98 Å². The minimum Gasteiger partial charge on any atom is -0.497 e. The Bertz CT molecular complexity index is 1190. The largest absolute Gasteiger partial charge is 0.497 e. The maximum atomic E-state index is 14.1. The van der Waals surface area contributed by atoms with Crippen LogP contribution in [0.5, 0.6) is 11.6 Å². The van der Waals surface area contributed by atoms with Crippen LogP contribution in [0.15, 0.2) is 36.4 Å². The quantitative estimate of drug-likeness (QED) is 0.524. The third-order valence-corrected chi connectivity index (χ3v) is 8.07. The number of carbonyl (C=O) groups is 2. The van der Waals surface area contributed by atoms with Crippen molar-refractivity contribution in [2.45, 2.75) is 30.8 Å². The Balaban J connectivity index is 1.43. The number of hydrogen-bond acceptors (Lipinski definition) is 8. The number of benzene rings is 1. The smallest absolute Gasteiger partial charge is 0.326 e. The van der Waals surface area contributed by atoms with Crippen LogP contribution < -0.4 is 25.2 Å². The normalized spacial score (nSPS) is 19.4. The molecule has 3 fully saturated rings. The van der Waals surface area contributed by atoms with E-state index in [1.807, 2.05) is 65.2 Å². The average Bonchev–Trinajstić information content (AvgIpc) is 3.57. The van der Waals surface area contributed by atoms with E-state index in [1.54, 1.807) is 19.1 Å². The van der Waals surface area contributed by atoms with Gasteiger partial charge in [0.25, 0.3) is 0 Å². The number of anilines is 1. The fourth-order valence-electron chi connectivity index (χ4n) is 5.88. The van der Waals surface area contributed by atoms with Crippen molar-refractivity contribution in [1.29, 1.82) is 0 Å². The van der Waals surface area contributed by atoms with Crippen molar-refractivity contribution in [3.8, 4) is 11.6 Å². The van der Waals surface area contributed by atoms with Gasteiger partial charge < -0.3 is 24.2 Å². The molecular weight excluding hydrogens is 498 g/mol. The lowest BCUT2D eigenvalue weighted by Crippen LogP contribution is -2.55. The van der Waals surface area contributed by atoms with Crippen molar-refractivity contribution in [2.75, 3.05) is 72.5 Å². The summed E-state index contributed by atoms with van der Waals surface area (Å²) in [5.41, 5.74) is 7.90. The number of methoxy groups -OCH3 is 2. The molecule has 2 N–H and O–H groups in total. The van der Waals surface area contributed by atoms with Crippen molar-refractivity contribution < 1.29 is 19.1 Å². The molecule has 2 aromatic rings. The molecule has 1 aromatic carbocycles. The summed E-state index contributed by atoms with van der Waals surface area (Å²) in [5, 5.41) is 0. The molecular formula is C28H39N7O4. The third kappa shape index (κ3) is 5.52. The van der Waals surface area contributed by atoms with Crippen LogP contribution in [-0.4, -0.2) is 105 Å². The Hall–Kier alpha value is -3.41. The molecule has 1 spiro atoms. The predicted molar refractivity (Wildman–Crippen MR) is 148 cm³/mol. The van der Waals surface area contributed by atoms with Crippen molar-refractivity contribution >= 4 is 17.8 Å². The van der Waals surface area contributed by atoms with Crippen LogP contribution in [0.3, 0.4) is 0 Å². The zero-order valence-corrected chi connectivity index (χ0v) is 23.3. The standard InChI is InChI=1S/C28H39N7O4/c1-32(2)18-25(36)33-12-10-28(11-13-33)19-34(27(37)35(28)17-20-6-5-7-22(14-20)38-3)24-9-8-23(26(31-24)39-4)21-15-29-30-16-21/h5-9,14,21,29-30H,10-13,15-19H2,1-4H3. The minimum absolute atomic E-state index is 0.0857. The Kier molecular flexibility index (Phi) is 7.92. The van der Waals surface area contributed by atoms with Gasteiger partial charge in [-0.05, 0) is 56.8 Å². The fraction of sp³-hybridized carbons (Fsp3) is 0.536. The minimum atomic E-state index is -0.415. The summed E-state index contributed by atoms with van der Waals surface area (Å²) in [5.74, 6) is 2.24. The summed E-state index contributed by atoms with van der Waals surface area (Å²) in [7, 11) is 7.07. The third-order valence-electron chi connectivity index (χ3n) is 8.07. The number of pyridine rings is 1. The van der Waals surface area contributed by atoms with E-state index in [-0.39, 0.29) is 17.9 Å². The first kappa shape index (κ1) is 27.2. The number of rotatable bonds is 8. The lowest BCUT2D eigenvalue weighted by atomic mass is 9.86. The second kappa shape index (κ2) is 11.4. The number of likely N-dealkylation sites (N-methyl/N-ethyl adjacent to an activating group) is 1. The van der Waals surface area contributed by atoms with E-state index >= 15 is 0 Å². The number of urea groups is 1. The molecule has 5 rings (SSSR count). The monoisotopic (exact) mass is 537 g/mol. The lowest BCUT2D eigenvalue weighted by molar-refractivity contribution is -0.134. The van der Waals surface area contributed by atoms with E-state index in [0.717, 1.165) is 30.0 Å². The summed E-state index contributed by atoms with van der Waals surface area (Å²) in [6, 6.07) is 11.7. The van der Waals surface area contributed by atoms with Gasteiger partial charge >= 0.3 is 6.03 Å². The Morgan fingerprint density at radius 2 is 1.85 bits per heavy atom. The number of amides is 3. The van der Waals surface area contributed by atoms with Crippen LogP contribution >= 0.6 is 0 Å². The average molecular weight is 538 g/mol. The number of nitrogens with zero attached hydrogens (tertiary/aromatic N) is 5. The second-order valence-corrected chi connectivity index (χ2v) is 10.9. The first-order valence-corrected chi connectivity index (χ1v) is 13.5. The van der Waals surface area contributed by atoms with Gasteiger partial charge in [0, 0.05) is 44.2 Å². The number of ether oxygens (including phenoxy) is 2. The molecule has 0 radical (unpaired) electrons. The molecule has 3 saturated heterocycles. The van der Waals surface area contributed by atoms with Crippen LogP contribution in [0.4, 0.5) is 10.6 Å². The number of hydrazine groups is 1. The van der Waals surface area contributed by atoms with Gasteiger partial charge in [0.05, 0.1) is 32.8 Å². The number of likely N-dealkylation sites (tertiary alicyclic amines) is 1. The molecule has 3 aliphatic rings. The van der Waals surface area contributed by atoms with E-state index in [1.165, 1.54) is 0 Å².